The molecule has 0 radical (unpaired) electrons. The molecule has 0 aliphatic carbocycles. The van der Waals surface area contributed by atoms with Gasteiger partial charge in [-0.1, -0.05) is 11.6 Å². The molecule has 0 amide bonds. The summed E-state index contributed by atoms with van der Waals surface area (Å²) < 4.78 is 50.6. The van der Waals surface area contributed by atoms with Crippen molar-refractivity contribution in [2.24, 2.45) is 5.73 Å². The molecule has 4 nitrogen and oxygen atoms in total. The van der Waals surface area contributed by atoms with Crippen molar-refractivity contribution in [2.45, 2.75) is 25.8 Å². The highest BCUT2D eigenvalue weighted by molar-refractivity contribution is 6.32. The molecule has 21 heavy (non-hydrogen) atoms. The third-order valence-electron chi connectivity index (χ3n) is 2.61. The van der Waals surface area contributed by atoms with Crippen molar-refractivity contribution in [2.75, 3.05) is 13.2 Å². The maximum absolute atomic E-state index is 13.8. The van der Waals surface area contributed by atoms with E-state index >= 15 is 0 Å². The molecule has 0 heterocycles. The van der Waals surface area contributed by atoms with Gasteiger partial charge in [0.2, 0.25) is 0 Å². The van der Waals surface area contributed by atoms with E-state index < -0.39 is 23.8 Å². The van der Waals surface area contributed by atoms with Crippen LogP contribution in [0.1, 0.15) is 25.5 Å². The predicted molar refractivity (Wildman–Crippen MR) is 71.1 cm³/mol. The van der Waals surface area contributed by atoms with Gasteiger partial charge in [-0.15, -0.1) is 0 Å². The van der Waals surface area contributed by atoms with Crippen LogP contribution in [0.25, 0.3) is 0 Å². The van der Waals surface area contributed by atoms with E-state index in [4.69, 9.17) is 22.1 Å². The van der Waals surface area contributed by atoms with Crippen LogP contribution in [0.3, 0.4) is 0 Å². The topological polar surface area (TPSA) is 61.5 Å². The van der Waals surface area contributed by atoms with Crippen molar-refractivity contribution in [1.82, 2.24) is 0 Å². The van der Waals surface area contributed by atoms with Crippen molar-refractivity contribution in [3.63, 3.8) is 0 Å². The zero-order valence-electron chi connectivity index (χ0n) is 11.5. The first-order valence-corrected chi connectivity index (χ1v) is 6.55. The van der Waals surface area contributed by atoms with Crippen LogP contribution in [0.4, 0.5) is 13.2 Å². The molecule has 0 aromatic heterocycles. The van der Waals surface area contributed by atoms with E-state index in [0.717, 1.165) is 12.1 Å². The minimum absolute atomic E-state index is 0.154. The number of benzene rings is 1. The number of esters is 1. The van der Waals surface area contributed by atoms with Crippen molar-refractivity contribution < 1.29 is 27.4 Å². The van der Waals surface area contributed by atoms with Gasteiger partial charge in [-0.2, -0.15) is 8.78 Å². The first-order chi connectivity index (χ1) is 9.75. The Kier molecular flexibility index (Phi) is 5.86. The third-order valence-corrected chi connectivity index (χ3v) is 2.89. The number of carbonyl (C=O) groups excluding carboxylic acids is 1. The highest BCUT2D eigenvalue weighted by Gasteiger charge is 2.48. The molecule has 1 atom stereocenters. The maximum atomic E-state index is 13.8. The lowest BCUT2D eigenvalue weighted by Crippen LogP contribution is -2.41. The monoisotopic (exact) mass is 325 g/mol. The van der Waals surface area contributed by atoms with Crippen LogP contribution in [0, 0.1) is 5.82 Å². The predicted octanol–water partition coefficient (Wildman–Crippen LogP) is 3.08. The molecule has 0 saturated carbocycles. The highest BCUT2D eigenvalue weighted by Crippen LogP contribution is 2.36. The fraction of sp³-hybridized carbons (Fsp3) is 0.462. The summed E-state index contributed by atoms with van der Waals surface area (Å²) in [4.78, 5) is 11.2. The van der Waals surface area contributed by atoms with Gasteiger partial charge in [0.15, 0.2) is 11.6 Å². The van der Waals surface area contributed by atoms with Gasteiger partial charge in [0.25, 0.3) is 0 Å². The van der Waals surface area contributed by atoms with Crippen LogP contribution in [0.15, 0.2) is 12.1 Å². The smallest absolute Gasteiger partial charge is 0.379 e. The Hall–Kier alpha value is -1.47. The van der Waals surface area contributed by atoms with E-state index in [1.165, 1.54) is 6.92 Å². The fourth-order valence-electron chi connectivity index (χ4n) is 1.60. The average Bonchev–Trinajstić information content (AvgIpc) is 2.42. The average molecular weight is 326 g/mol. The van der Waals surface area contributed by atoms with Crippen LogP contribution in [0.5, 0.6) is 5.75 Å². The van der Waals surface area contributed by atoms with E-state index in [1.54, 1.807) is 6.92 Å². The molecular formula is C13H15ClF3NO3. The summed E-state index contributed by atoms with van der Waals surface area (Å²) in [6, 6.07) is -0.290. The maximum Gasteiger partial charge on any atom is 0.379 e. The third kappa shape index (κ3) is 3.79. The quantitative estimate of drug-likeness (QED) is 0.816. The summed E-state index contributed by atoms with van der Waals surface area (Å²) >= 11 is 5.77. The van der Waals surface area contributed by atoms with E-state index in [-0.39, 0.29) is 29.5 Å². The lowest BCUT2D eigenvalue weighted by molar-refractivity contribution is -0.174. The van der Waals surface area contributed by atoms with Crippen LogP contribution in [-0.2, 0) is 9.53 Å². The molecule has 0 aliphatic heterocycles. The second-order valence-electron chi connectivity index (χ2n) is 4.07. The molecule has 0 saturated heterocycles. The van der Waals surface area contributed by atoms with Gasteiger partial charge in [-0.25, -0.2) is 9.18 Å². The largest absolute Gasteiger partial charge is 0.489 e. The Morgan fingerprint density at radius 1 is 1.38 bits per heavy atom. The number of nitrogens with two attached hydrogens (primary N) is 1. The Morgan fingerprint density at radius 2 is 2.00 bits per heavy atom. The van der Waals surface area contributed by atoms with E-state index in [9.17, 15) is 18.0 Å². The number of rotatable bonds is 6. The molecule has 1 rings (SSSR count). The van der Waals surface area contributed by atoms with E-state index in [1.807, 2.05) is 0 Å². The molecule has 0 fully saturated rings. The van der Waals surface area contributed by atoms with Crippen molar-refractivity contribution in [3.8, 4) is 5.75 Å². The zero-order chi connectivity index (χ0) is 16.2. The standard InChI is InChI=1S/C13H15ClF3NO3/c1-3-20-10-8(14)5-7(6-9(10)15)11(18)13(16,17)12(19)21-4-2/h5-6,11H,3-4,18H2,1-2H3/t11-/m0/s1. The second kappa shape index (κ2) is 7.00. The molecule has 2 N–H and O–H groups in total. The number of hydrogen-bond acceptors (Lipinski definition) is 4. The number of carbonyl (C=O) groups is 1. The van der Waals surface area contributed by atoms with Crippen LogP contribution >= 0.6 is 11.6 Å². The number of alkyl halides is 2. The van der Waals surface area contributed by atoms with Gasteiger partial charge in [0, 0.05) is 0 Å². The lowest BCUT2D eigenvalue weighted by Gasteiger charge is -2.22. The van der Waals surface area contributed by atoms with Gasteiger partial charge in [-0.05, 0) is 31.5 Å². The van der Waals surface area contributed by atoms with Gasteiger partial charge < -0.3 is 15.2 Å². The van der Waals surface area contributed by atoms with Gasteiger partial charge in [0.1, 0.15) is 6.04 Å². The van der Waals surface area contributed by atoms with Gasteiger partial charge in [0.05, 0.1) is 18.2 Å². The Morgan fingerprint density at radius 3 is 2.48 bits per heavy atom. The molecule has 1 aromatic carbocycles. The number of halogens is 4. The molecular weight excluding hydrogens is 311 g/mol. The molecule has 0 unspecified atom stereocenters. The van der Waals surface area contributed by atoms with Crippen LogP contribution < -0.4 is 10.5 Å². The fourth-order valence-corrected chi connectivity index (χ4v) is 1.88. The minimum atomic E-state index is -4.00. The molecule has 8 heteroatoms. The highest BCUT2D eigenvalue weighted by atomic mass is 35.5. The summed E-state index contributed by atoms with van der Waals surface area (Å²) in [5.41, 5.74) is 5.01. The van der Waals surface area contributed by atoms with Crippen LogP contribution in [0.2, 0.25) is 5.02 Å². The number of hydrogen-bond donors (Lipinski definition) is 1. The molecule has 118 valence electrons. The Bertz CT molecular complexity index is 502. The summed E-state index contributed by atoms with van der Waals surface area (Å²) in [5, 5.41) is -0.207. The first-order valence-electron chi connectivity index (χ1n) is 6.18. The summed E-state index contributed by atoms with van der Waals surface area (Å²) in [6.07, 6.45) is 0. The summed E-state index contributed by atoms with van der Waals surface area (Å²) in [6.45, 7) is 2.93. The van der Waals surface area contributed by atoms with Crippen molar-refractivity contribution in [1.29, 1.82) is 0 Å². The zero-order valence-corrected chi connectivity index (χ0v) is 12.2. The Balaban J connectivity index is 3.13. The molecule has 0 bridgehead atoms. The number of ether oxygens (including phenoxy) is 2. The molecule has 0 spiro atoms. The van der Waals surface area contributed by atoms with Crippen molar-refractivity contribution >= 4 is 17.6 Å². The molecule has 1 aromatic rings. The van der Waals surface area contributed by atoms with Gasteiger partial charge in [-0.3, -0.25) is 0 Å². The van der Waals surface area contributed by atoms with E-state index in [0.29, 0.717) is 0 Å². The SMILES string of the molecule is CCOC(=O)C(F)(F)[C@@H](N)c1cc(F)c(OCC)c(Cl)c1. The molecule has 0 aliphatic rings. The summed E-state index contributed by atoms with van der Waals surface area (Å²) in [5.74, 6) is -6.97. The Labute approximate surface area is 125 Å². The van der Waals surface area contributed by atoms with Gasteiger partial charge >= 0.3 is 11.9 Å². The second-order valence-corrected chi connectivity index (χ2v) is 4.47. The lowest BCUT2D eigenvalue weighted by atomic mass is 10.0. The minimum Gasteiger partial charge on any atom is -0.489 e. The van der Waals surface area contributed by atoms with Crippen molar-refractivity contribution in [3.05, 3.63) is 28.5 Å². The van der Waals surface area contributed by atoms with E-state index in [2.05, 4.69) is 4.74 Å². The van der Waals surface area contributed by atoms with Crippen LogP contribution in [-0.4, -0.2) is 25.1 Å². The normalized spacial score (nSPS) is 12.9. The summed E-state index contributed by atoms with van der Waals surface area (Å²) in [7, 11) is 0. The first kappa shape index (κ1) is 17.6.